The van der Waals surface area contributed by atoms with E-state index in [0.29, 0.717) is 24.7 Å². The fourth-order valence-electron chi connectivity index (χ4n) is 14.1. The van der Waals surface area contributed by atoms with Crippen molar-refractivity contribution in [2.24, 2.45) is 50.7 Å². The predicted molar refractivity (Wildman–Crippen MR) is 156 cm³/mol. The molecule has 9 nitrogen and oxygen atoms in total. The third kappa shape index (κ3) is 3.28. The number of esters is 1. The Balaban J connectivity index is 0.997. The van der Waals surface area contributed by atoms with E-state index in [1.54, 1.807) is 6.92 Å². The van der Waals surface area contributed by atoms with Crippen LogP contribution in [-0.4, -0.2) is 88.4 Å². The summed E-state index contributed by atoms with van der Waals surface area (Å²) in [5.74, 6) is -0.476. The molecular formula is C35H51FO9. The highest BCUT2D eigenvalue weighted by atomic mass is 19.1. The van der Waals surface area contributed by atoms with Crippen molar-refractivity contribution in [2.75, 3.05) is 6.61 Å². The van der Waals surface area contributed by atoms with E-state index < -0.39 is 47.6 Å². The maximum Gasteiger partial charge on any atom is 0.343 e. The first kappa shape index (κ1) is 30.2. The first-order valence-electron chi connectivity index (χ1n) is 17.6. The van der Waals surface area contributed by atoms with E-state index >= 15 is 4.39 Å². The third-order valence-electron chi connectivity index (χ3n) is 16.3. The zero-order valence-corrected chi connectivity index (χ0v) is 27.5. The number of halogens is 1. The fourth-order valence-corrected chi connectivity index (χ4v) is 14.1. The van der Waals surface area contributed by atoms with Crippen LogP contribution < -0.4 is 0 Å². The number of alkyl halides is 1. The average molecular weight is 635 g/mol. The summed E-state index contributed by atoms with van der Waals surface area (Å²) in [7, 11) is 0. The van der Waals surface area contributed by atoms with Crippen LogP contribution in [0.1, 0.15) is 92.9 Å². The van der Waals surface area contributed by atoms with E-state index in [4.69, 9.17) is 23.7 Å². The Morgan fingerprint density at radius 1 is 0.911 bits per heavy atom. The first-order chi connectivity index (χ1) is 21.0. The first-order valence-corrected chi connectivity index (χ1v) is 17.6. The fraction of sp³-hybridized carbons (Fsp3) is 0.971. The Morgan fingerprint density at radius 3 is 2.33 bits per heavy atom. The number of aliphatic hydroxyl groups is 3. The highest BCUT2D eigenvalue weighted by Crippen LogP contribution is 2.89. The van der Waals surface area contributed by atoms with Crippen molar-refractivity contribution in [1.29, 1.82) is 0 Å². The smallest absolute Gasteiger partial charge is 0.343 e. The van der Waals surface area contributed by atoms with Gasteiger partial charge in [-0.3, -0.25) is 0 Å². The normalized spacial score (nSPS) is 65.1. The zero-order valence-electron chi connectivity index (χ0n) is 27.5. The molecule has 0 aromatic carbocycles. The minimum Gasteiger partial charge on any atom is -0.428 e. The summed E-state index contributed by atoms with van der Waals surface area (Å²) in [6, 6.07) is 0. The van der Waals surface area contributed by atoms with Crippen molar-refractivity contribution in [2.45, 2.75) is 153 Å². The second-order valence-electron chi connectivity index (χ2n) is 18.2. The molecule has 5 saturated carbocycles. The van der Waals surface area contributed by atoms with Crippen molar-refractivity contribution in [3.05, 3.63) is 0 Å². The summed E-state index contributed by atoms with van der Waals surface area (Å²) >= 11 is 0. The van der Waals surface area contributed by atoms with Crippen LogP contribution in [0.15, 0.2) is 0 Å². The molecule has 0 aromatic rings. The molecule has 0 radical (unpaired) electrons. The summed E-state index contributed by atoms with van der Waals surface area (Å²) in [4.78, 5) is 12.7. The van der Waals surface area contributed by atoms with Gasteiger partial charge in [-0.1, -0.05) is 34.6 Å². The molecule has 9 fully saturated rings. The van der Waals surface area contributed by atoms with Crippen molar-refractivity contribution in [3.63, 3.8) is 0 Å². The topological polar surface area (TPSA) is 127 Å². The van der Waals surface area contributed by atoms with Gasteiger partial charge in [0.1, 0.15) is 24.5 Å². The van der Waals surface area contributed by atoms with Crippen molar-refractivity contribution in [3.8, 4) is 0 Å². The van der Waals surface area contributed by atoms with Crippen LogP contribution in [0.4, 0.5) is 4.39 Å². The molecule has 4 saturated heterocycles. The van der Waals surface area contributed by atoms with Gasteiger partial charge in [-0.05, 0) is 97.2 Å². The second-order valence-corrected chi connectivity index (χ2v) is 18.2. The maximum atomic E-state index is 17.3. The highest BCUT2D eigenvalue weighted by molar-refractivity contribution is 5.86. The molecule has 252 valence electrons. The molecule has 9 aliphatic rings. The molecule has 3 N–H and O–H groups in total. The van der Waals surface area contributed by atoms with Gasteiger partial charge in [0.25, 0.3) is 0 Å². The van der Waals surface area contributed by atoms with E-state index in [2.05, 4.69) is 34.6 Å². The zero-order chi connectivity index (χ0) is 31.9. The molecule has 18 atom stereocenters. The van der Waals surface area contributed by atoms with Crippen LogP contribution in [-0.2, 0) is 28.5 Å². The highest BCUT2D eigenvalue weighted by Gasteiger charge is 2.87. The Bertz CT molecular complexity index is 1330. The largest absolute Gasteiger partial charge is 0.428 e. The Labute approximate surface area is 264 Å². The number of fused-ring (bicyclic) bond motifs is 6. The van der Waals surface area contributed by atoms with Gasteiger partial charge in [0, 0.05) is 11.8 Å². The number of aliphatic hydroxyl groups excluding tert-OH is 3. The van der Waals surface area contributed by atoms with Crippen LogP contribution in [0.5, 0.6) is 0 Å². The molecule has 4 aliphatic heterocycles. The quantitative estimate of drug-likeness (QED) is 0.237. The Kier molecular flexibility index (Phi) is 5.80. The van der Waals surface area contributed by atoms with Crippen molar-refractivity contribution < 1.29 is 48.2 Å². The summed E-state index contributed by atoms with van der Waals surface area (Å²) < 4.78 is 48.0. The van der Waals surface area contributed by atoms with Gasteiger partial charge in [0.15, 0.2) is 18.0 Å². The van der Waals surface area contributed by atoms with Gasteiger partial charge >= 0.3 is 5.97 Å². The second kappa shape index (κ2) is 8.64. The van der Waals surface area contributed by atoms with E-state index in [9.17, 15) is 20.1 Å². The number of ether oxygens (including phenoxy) is 5. The summed E-state index contributed by atoms with van der Waals surface area (Å²) in [6.45, 7) is 13.0. The minimum atomic E-state index is -1.31. The minimum absolute atomic E-state index is 0.0496. The SMILES string of the molecule is C[C@@H]1C[C@]2(OC(=O)[C@@]3(C)O[C@@H]23)O[C@H]2C[C@@]3(C)[C@@H]4CC[C@H]5C(C)(C)[C@@H](O[C@@H]6OC[C@@H](O)[C@H](O)[C@H]6O)CC[C@@]56C[C@@]46C[C@H](F)[C@]3(C)[C@@H]12. The number of carbonyl (C=O) groups excluding carboxylic acids is 1. The number of hydrogen-bond acceptors (Lipinski definition) is 9. The average Bonchev–Trinajstić information content (AvgIpc) is 3.80. The molecule has 10 heteroatoms. The van der Waals surface area contributed by atoms with E-state index in [0.717, 1.165) is 38.5 Å². The van der Waals surface area contributed by atoms with E-state index in [1.165, 1.54) is 0 Å². The van der Waals surface area contributed by atoms with Gasteiger partial charge in [0.2, 0.25) is 5.79 Å². The monoisotopic (exact) mass is 634 g/mol. The molecule has 0 amide bonds. The molecule has 0 aromatic heterocycles. The lowest BCUT2D eigenvalue weighted by Crippen LogP contribution is -2.62. The number of hydrogen-bond donors (Lipinski definition) is 3. The lowest BCUT2D eigenvalue weighted by atomic mass is 9.41. The van der Waals surface area contributed by atoms with Crippen LogP contribution in [0, 0.1) is 50.7 Å². The third-order valence-corrected chi connectivity index (χ3v) is 16.3. The van der Waals surface area contributed by atoms with E-state index in [1.807, 2.05) is 0 Å². The van der Waals surface area contributed by atoms with Gasteiger partial charge < -0.3 is 39.0 Å². The van der Waals surface area contributed by atoms with Crippen molar-refractivity contribution in [1.82, 2.24) is 0 Å². The van der Waals surface area contributed by atoms with Gasteiger partial charge in [0.05, 0.1) is 18.8 Å². The van der Waals surface area contributed by atoms with E-state index in [-0.39, 0.29) is 64.4 Å². The van der Waals surface area contributed by atoms with Crippen LogP contribution in [0.3, 0.4) is 0 Å². The standard InChI is InChI=1S/C35H51FO9/c1-16-11-35(27-32(6,44-27)28(40)45-35)43-18-12-30(4)20-8-7-19-29(2,3)22(42-26-25(39)24(38)17(37)14-41-26)9-10-33(19)15-34(20,33)13-21(36)31(30,5)23(16)18/h16-27,37-39H,7-15H2,1-6H3/t16-,17-,18+,19+,20+,21+,22+,23+,24+,25-,26+,27-,30+,31-,32+,33-,34+,35-/m1/s1. The van der Waals surface area contributed by atoms with Crippen LogP contribution in [0.25, 0.3) is 0 Å². The number of epoxide rings is 1. The molecule has 0 unspecified atom stereocenters. The van der Waals surface area contributed by atoms with Gasteiger partial charge in [-0.25, -0.2) is 9.18 Å². The lowest BCUT2D eigenvalue weighted by Gasteiger charge is -2.64. The Hall–Kier alpha value is -0.880. The molecular weight excluding hydrogens is 583 g/mol. The molecule has 3 spiro atoms. The molecule has 5 aliphatic carbocycles. The molecule has 9 rings (SSSR count). The Morgan fingerprint density at radius 2 is 1.64 bits per heavy atom. The maximum absolute atomic E-state index is 17.3. The molecule has 45 heavy (non-hydrogen) atoms. The van der Waals surface area contributed by atoms with Gasteiger partial charge in [-0.15, -0.1) is 0 Å². The summed E-state index contributed by atoms with van der Waals surface area (Å²) in [6.07, 6.45) is 0.346. The summed E-state index contributed by atoms with van der Waals surface area (Å²) in [5.41, 5.74) is -1.92. The van der Waals surface area contributed by atoms with Crippen LogP contribution >= 0.6 is 0 Å². The molecule has 4 heterocycles. The predicted octanol–water partition coefficient (Wildman–Crippen LogP) is 3.64. The van der Waals surface area contributed by atoms with Crippen molar-refractivity contribution >= 4 is 5.97 Å². The number of carbonyl (C=O) groups is 1. The van der Waals surface area contributed by atoms with Crippen LogP contribution in [0.2, 0.25) is 0 Å². The molecule has 0 bridgehead atoms. The number of rotatable bonds is 2. The lowest BCUT2D eigenvalue weighted by molar-refractivity contribution is -0.303. The summed E-state index contributed by atoms with van der Waals surface area (Å²) in [5, 5.41) is 30.8. The van der Waals surface area contributed by atoms with Gasteiger partial charge in [-0.2, -0.15) is 0 Å².